The molecule has 0 aliphatic heterocycles. The van der Waals surface area contributed by atoms with E-state index in [9.17, 15) is 0 Å². The summed E-state index contributed by atoms with van der Waals surface area (Å²) in [6.45, 7) is 0. The first-order valence-electron chi connectivity index (χ1n) is 16.9. The summed E-state index contributed by atoms with van der Waals surface area (Å²) in [5, 5.41) is 9.77. The molecule has 0 aliphatic rings. The van der Waals surface area contributed by atoms with Gasteiger partial charge in [-0.2, -0.15) is 0 Å². The number of nitrogens with zero attached hydrogens (tertiary/aromatic N) is 2. The fraction of sp³-hybridized carbons (Fsp3) is 0. The molecule has 11 rings (SSSR count). The van der Waals surface area contributed by atoms with Crippen molar-refractivity contribution >= 4 is 103 Å². The summed E-state index contributed by atoms with van der Waals surface area (Å²) in [5.74, 6) is 0. The Balaban J connectivity index is 1.23. The number of fused-ring (bicyclic) bond motifs is 11. The van der Waals surface area contributed by atoms with Gasteiger partial charge < -0.3 is 13.9 Å². The summed E-state index contributed by atoms with van der Waals surface area (Å²) < 4.78 is 11.4. The van der Waals surface area contributed by atoms with Gasteiger partial charge in [-0.3, -0.25) is 0 Å². The third-order valence-corrected chi connectivity index (χ3v) is 11.3. The Hall–Kier alpha value is -6.36. The van der Waals surface area contributed by atoms with E-state index in [0.717, 1.165) is 44.7 Å². The number of benzene rings is 8. The Morgan fingerprint density at radius 1 is 0.440 bits per heavy atom. The van der Waals surface area contributed by atoms with Crippen molar-refractivity contribution in [3.8, 4) is 5.69 Å². The van der Waals surface area contributed by atoms with E-state index in [1.165, 1.54) is 52.8 Å². The van der Waals surface area contributed by atoms with Crippen molar-refractivity contribution in [2.75, 3.05) is 4.90 Å². The number of hydrogen-bond donors (Lipinski definition) is 0. The quantitative estimate of drug-likeness (QED) is 0.188. The van der Waals surface area contributed by atoms with Crippen LogP contribution in [-0.2, 0) is 0 Å². The van der Waals surface area contributed by atoms with Crippen LogP contribution in [0.4, 0.5) is 17.1 Å². The molecule has 0 unspecified atom stereocenters. The van der Waals surface area contributed by atoms with Crippen LogP contribution in [0.25, 0.3) is 80.4 Å². The zero-order chi connectivity index (χ0) is 32.8. The van der Waals surface area contributed by atoms with E-state index < -0.39 is 0 Å². The second-order valence-electron chi connectivity index (χ2n) is 12.9. The highest BCUT2D eigenvalue weighted by Gasteiger charge is 2.22. The molecule has 3 aromatic heterocycles. The van der Waals surface area contributed by atoms with E-state index in [1.54, 1.807) is 0 Å². The number of rotatable bonds is 4. The SMILES string of the molecule is c1ccc(-n2c3ccccc3c3cc(N(c4ccc5ccc6sc7ccccc7c6c5c4)c4cccc5oc6ccccc6c45)ccc32)cc1. The maximum Gasteiger partial charge on any atom is 0.137 e. The van der Waals surface area contributed by atoms with Crippen molar-refractivity contribution < 1.29 is 4.42 Å². The molecule has 3 heterocycles. The Morgan fingerprint density at radius 3 is 2.02 bits per heavy atom. The van der Waals surface area contributed by atoms with Crippen LogP contribution in [0, 0.1) is 0 Å². The van der Waals surface area contributed by atoms with Crippen molar-refractivity contribution in [1.29, 1.82) is 0 Å². The molecular formula is C46H28N2OS. The number of thiophene rings is 1. The van der Waals surface area contributed by atoms with Gasteiger partial charge in [-0.15, -0.1) is 11.3 Å². The molecule has 50 heavy (non-hydrogen) atoms. The molecule has 0 fully saturated rings. The van der Waals surface area contributed by atoms with Crippen LogP contribution in [0.5, 0.6) is 0 Å². The highest BCUT2D eigenvalue weighted by molar-refractivity contribution is 7.26. The zero-order valence-electron chi connectivity index (χ0n) is 26.9. The van der Waals surface area contributed by atoms with E-state index in [-0.39, 0.29) is 0 Å². The average Bonchev–Trinajstić information content (AvgIpc) is 3.85. The van der Waals surface area contributed by atoms with E-state index in [0.29, 0.717) is 0 Å². The van der Waals surface area contributed by atoms with Crippen LogP contribution in [-0.4, -0.2) is 4.57 Å². The lowest BCUT2D eigenvalue weighted by Crippen LogP contribution is -2.10. The Morgan fingerprint density at radius 2 is 1.12 bits per heavy atom. The summed E-state index contributed by atoms with van der Waals surface area (Å²) in [6.07, 6.45) is 0. The fourth-order valence-corrected chi connectivity index (χ4v) is 9.12. The van der Waals surface area contributed by atoms with Gasteiger partial charge in [-0.25, -0.2) is 0 Å². The smallest absolute Gasteiger partial charge is 0.137 e. The minimum Gasteiger partial charge on any atom is -0.456 e. The fourth-order valence-electron chi connectivity index (χ4n) is 7.99. The summed E-state index contributed by atoms with van der Waals surface area (Å²) in [5.41, 5.74) is 8.57. The third-order valence-electron chi connectivity index (χ3n) is 10.2. The van der Waals surface area contributed by atoms with Crippen LogP contribution in [0.15, 0.2) is 174 Å². The third kappa shape index (κ3) is 3.97. The molecule has 0 aliphatic carbocycles. The molecule has 8 aromatic carbocycles. The molecule has 0 saturated heterocycles. The van der Waals surface area contributed by atoms with Gasteiger partial charge in [0.15, 0.2) is 0 Å². The molecule has 0 bridgehead atoms. The average molecular weight is 657 g/mol. The van der Waals surface area contributed by atoms with E-state index in [1.807, 2.05) is 17.4 Å². The van der Waals surface area contributed by atoms with Gasteiger partial charge in [0.05, 0.1) is 22.1 Å². The van der Waals surface area contributed by atoms with Crippen molar-refractivity contribution in [3.05, 3.63) is 170 Å². The van der Waals surface area contributed by atoms with Crippen molar-refractivity contribution in [2.45, 2.75) is 0 Å². The number of hydrogen-bond acceptors (Lipinski definition) is 3. The summed E-state index contributed by atoms with van der Waals surface area (Å²) in [7, 11) is 0. The second-order valence-corrected chi connectivity index (χ2v) is 14.0. The van der Waals surface area contributed by atoms with Crippen LogP contribution in [0.1, 0.15) is 0 Å². The van der Waals surface area contributed by atoms with Crippen molar-refractivity contribution in [3.63, 3.8) is 0 Å². The highest BCUT2D eigenvalue weighted by Crippen LogP contribution is 2.46. The van der Waals surface area contributed by atoms with Gasteiger partial charge in [0.2, 0.25) is 0 Å². The molecule has 0 radical (unpaired) electrons. The molecule has 0 atom stereocenters. The Labute approximate surface area is 291 Å². The van der Waals surface area contributed by atoms with Gasteiger partial charge in [-0.1, -0.05) is 91.0 Å². The first-order valence-corrected chi connectivity index (χ1v) is 17.7. The normalized spacial score (nSPS) is 12.0. The zero-order valence-corrected chi connectivity index (χ0v) is 27.7. The molecule has 0 spiro atoms. The molecule has 0 saturated carbocycles. The first kappa shape index (κ1) is 27.6. The minimum atomic E-state index is 0.877. The molecule has 234 valence electrons. The monoisotopic (exact) mass is 656 g/mol. The minimum absolute atomic E-state index is 0.877. The van der Waals surface area contributed by atoms with Crippen LogP contribution in [0.3, 0.4) is 0 Å². The van der Waals surface area contributed by atoms with Gasteiger partial charge in [0, 0.05) is 53.4 Å². The van der Waals surface area contributed by atoms with E-state index in [4.69, 9.17) is 4.42 Å². The maximum atomic E-state index is 6.43. The van der Waals surface area contributed by atoms with E-state index >= 15 is 0 Å². The second kappa shape index (κ2) is 10.6. The first-order chi connectivity index (χ1) is 24.8. The number of anilines is 3. The van der Waals surface area contributed by atoms with Crippen molar-refractivity contribution in [2.24, 2.45) is 0 Å². The summed E-state index contributed by atoms with van der Waals surface area (Å²) in [6, 6.07) is 61.3. The largest absolute Gasteiger partial charge is 0.456 e. The maximum absolute atomic E-state index is 6.43. The lowest BCUT2D eigenvalue weighted by atomic mass is 10.0. The molecule has 0 N–H and O–H groups in total. The summed E-state index contributed by atoms with van der Waals surface area (Å²) >= 11 is 1.86. The molecule has 3 nitrogen and oxygen atoms in total. The lowest BCUT2D eigenvalue weighted by molar-refractivity contribution is 0.669. The predicted molar refractivity (Wildman–Crippen MR) is 213 cm³/mol. The number of para-hydroxylation sites is 3. The van der Waals surface area contributed by atoms with Gasteiger partial charge in [0.25, 0.3) is 0 Å². The van der Waals surface area contributed by atoms with Gasteiger partial charge >= 0.3 is 0 Å². The molecule has 11 aromatic rings. The Kier molecular flexibility index (Phi) is 5.83. The topological polar surface area (TPSA) is 21.3 Å². The lowest BCUT2D eigenvalue weighted by Gasteiger charge is -2.27. The van der Waals surface area contributed by atoms with Crippen LogP contribution >= 0.6 is 11.3 Å². The summed E-state index contributed by atoms with van der Waals surface area (Å²) in [4.78, 5) is 2.42. The van der Waals surface area contributed by atoms with Crippen LogP contribution < -0.4 is 4.90 Å². The van der Waals surface area contributed by atoms with Crippen molar-refractivity contribution in [1.82, 2.24) is 4.57 Å². The van der Waals surface area contributed by atoms with Gasteiger partial charge in [0.1, 0.15) is 11.2 Å². The van der Waals surface area contributed by atoms with Gasteiger partial charge in [-0.05, 0) is 89.6 Å². The Bertz CT molecular complexity index is 3110. The molecule has 4 heteroatoms. The number of furan rings is 1. The standard InChI is InChI=1S/C46H28N2OS/c1-2-11-30(12-3-1)48-38-16-7-4-13-33(38)37-28-32(24-25-39(37)48)47(40-17-10-19-42-46(40)34-14-5-8-18-41(34)49-42)31-23-21-29-22-26-44-45(36(29)27-31)35-15-6-9-20-43(35)50-44/h1-28H. The molecule has 0 amide bonds. The highest BCUT2D eigenvalue weighted by atomic mass is 32.1. The molecular weight excluding hydrogens is 629 g/mol. The number of aromatic nitrogens is 1. The van der Waals surface area contributed by atoms with E-state index in [2.05, 4.69) is 173 Å². The predicted octanol–water partition coefficient (Wildman–Crippen LogP) is 13.7. The van der Waals surface area contributed by atoms with Crippen LogP contribution in [0.2, 0.25) is 0 Å².